The molecule has 198 valence electrons. The van der Waals surface area contributed by atoms with E-state index in [0.29, 0.717) is 38.8 Å². The van der Waals surface area contributed by atoms with E-state index in [2.05, 4.69) is 27.1 Å². The molecule has 2 aromatic carbocycles. The zero-order valence-electron chi connectivity index (χ0n) is 19.7. The number of benzene rings is 2. The molecule has 0 aliphatic heterocycles. The highest BCUT2D eigenvalue weighted by molar-refractivity contribution is 7.99. The Bertz CT molecular complexity index is 1410. The first-order valence-corrected chi connectivity index (χ1v) is 13.3. The number of alkyl halides is 3. The van der Waals surface area contributed by atoms with Crippen LogP contribution in [0.1, 0.15) is 21.8 Å². The minimum Gasteiger partial charge on any atom is -0.486 e. The van der Waals surface area contributed by atoms with Crippen molar-refractivity contribution >= 4 is 45.7 Å². The molecule has 13 heteroatoms. The van der Waals surface area contributed by atoms with Crippen LogP contribution in [0.3, 0.4) is 0 Å². The average molecular weight is 580 g/mol. The molecule has 0 atom stereocenters. The number of thioether (sulfide) groups is 1. The van der Waals surface area contributed by atoms with E-state index in [1.807, 2.05) is 34.9 Å². The Morgan fingerprint density at radius 3 is 2.74 bits per heavy atom. The number of thiazole rings is 1. The monoisotopic (exact) mass is 579 g/mol. The Hall–Kier alpha value is -3.35. The summed E-state index contributed by atoms with van der Waals surface area (Å²) in [4.78, 5) is 17.4. The molecule has 4 aromatic rings. The van der Waals surface area contributed by atoms with E-state index in [1.54, 1.807) is 6.08 Å². The van der Waals surface area contributed by atoms with Gasteiger partial charge in [0.05, 0.1) is 11.3 Å². The zero-order valence-corrected chi connectivity index (χ0v) is 22.1. The number of ether oxygens (including phenoxy) is 1. The van der Waals surface area contributed by atoms with Gasteiger partial charge >= 0.3 is 6.18 Å². The maximum atomic E-state index is 13.0. The van der Waals surface area contributed by atoms with Crippen LogP contribution < -0.4 is 10.1 Å². The molecule has 0 spiro atoms. The lowest BCUT2D eigenvalue weighted by Gasteiger charge is -2.09. The van der Waals surface area contributed by atoms with Gasteiger partial charge in [0.1, 0.15) is 12.4 Å². The van der Waals surface area contributed by atoms with Crippen LogP contribution >= 0.6 is 34.7 Å². The summed E-state index contributed by atoms with van der Waals surface area (Å²) in [5, 5.41) is 12.1. The molecule has 0 fully saturated rings. The van der Waals surface area contributed by atoms with Gasteiger partial charge in [0.15, 0.2) is 16.1 Å². The summed E-state index contributed by atoms with van der Waals surface area (Å²) in [5.74, 6) is 1.02. The number of halogens is 4. The Labute approximate surface area is 229 Å². The lowest BCUT2D eigenvalue weighted by molar-refractivity contribution is -0.137. The van der Waals surface area contributed by atoms with E-state index < -0.39 is 11.7 Å². The normalized spacial score (nSPS) is 11.4. The second-order valence-corrected chi connectivity index (χ2v) is 10.3. The SMILES string of the molecule is C=CCn1c(COc2ccccc2)nnc1SCC(=O)Nc1ncc(Cc2cc(C(F)(F)F)ccc2Cl)s1. The predicted octanol–water partition coefficient (Wildman–Crippen LogP) is 6.49. The number of allylic oxidation sites excluding steroid dienone is 1. The summed E-state index contributed by atoms with van der Waals surface area (Å²) in [5.41, 5.74) is -0.446. The van der Waals surface area contributed by atoms with Crippen LogP contribution in [0.4, 0.5) is 18.3 Å². The summed E-state index contributed by atoms with van der Waals surface area (Å²) >= 11 is 8.46. The Morgan fingerprint density at radius 2 is 2.00 bits per heavy atom. The number of nitrogens with one attached hydrogen (secondary N) is 1. The molecule has 0 bridgehead atoms. The minimum atomic E-state index is -4.46. The summed E-state index contributed by atoms with van der Waals surface area (Å²) in [6.45, 7) is 4.41. The van der Waals surface area contributed by atoms with Gasteiger partial charge in [0.25, 0.3) is 0 Å². The quantitative estimate of drug-likeness (QED) is 0.161. The molecule has 7 nitrogen and oxygen atoms in total. The Morgan fingerprint density at radius 1 is 1.21 bits per heavy atom. The number of amides is 1. The van der Waals surface area contributed by atoms with Crippen LogP contribution in [0.25, 0.3) is 0 Å². The van der Waals surface area contributed by atoms with E-state index in [4.69, 9.17) is 16.3 Å². The molecule has 1 amide bonds. The fraction of sp³-hybridized carbons (Fsp3) is 0.200. The third-order valence-corrected chi connectivity index (χ3v) is 7.33. The first-order chi connectivity index (χ1) is 18.2. The molecule has 0 aliphatic carbocycles. The number of aromatic nitrogens is 4. The lowest BCUT2D eigenvalue weighted by atomic mass is 10.1. The molecule has 0 aliphatic rings. The number of anilines is 1. The predicted molar refractivity (Wildman–Crippen MR) is 142 cm³/mol. The van der Waals surface area contributed by atoms with Gasteiger partial charge in [-0.1, -0.05) is 47.6 Å². The number of rotatable bonds is 11. The first kappa shape index (κ1) is 27.7. The van der Waals surface area contributed by atoms with E-state index in [0.717, 1.165) is 23.5 Å². The van der Waals surface area contributed by atoms with Crippen molar-refractivity contribution in [3.63, 3.8) is 0 Å². The number of hydrogen-bond acceptors (Lipinski definition) is 7. The van der Waals surface area contributed by atoms with Crippen molar-refractivity contribution in [2.45, 2.75) is 30.9 Å². The molecule has 4 rings (SSSR count). The van der Waals surface area contributed by atoms with Crippen LogP contribution in [-0.2, 0) is 30.5 Å². The summed E-state index contributed by atoms with van der Waals surface area (Å²) in [6.07, 6.45) is -1.10. The molecule has 1 N–H and O–H groups in total. The van der Waals surface area contributed by atoms with Crippen molar-refractivity contribution in [3.05, 3.63) is 94.2 Å². The van der Waals surface area contributed by atoms with Crippen molar-refractivity contribution < 1.29 is 22.7 Å². The van der Waals surface area contributed by atoms with E-state index in [1.165, 1.54) is 24.0 Å². The van der Waals surface area contributed by atoms with Crippen LogP contribution in [-0.4, -0.2) is 31.4 Å². The minimum absolute atomic E-state index is 0.0448. The Balaban J connectivity index is 1.34. The van der Waals surface area contributed by atoms with Gasteiger partial charge in [-0.15, -0.1) is 28.1 Å². The van der Waals surface area contributed by atoms with Crippen LogP contribution in [0.15, 0.2) is 72.5 Å². The number of nitrogens with zero attached hydrogens (tertiary/aromatic N) is 4. The fourth-order valence-corrected chi connectivity index (χ4v) is 5.12. The number of para-hydroxylation sites is 1. The van der Waals surface area contributed by atoms with E-state index in [-0.39, 0.29) is 29.7 Å². The van der Waals surface area contributed by atoms with Crippen molar-refractivity contribution in [2.24, 2.45) is 0 Å². The largest absolute Gasteiger partial charge is 0.486 e. The van der Waals surface area contributed by atoms with Gasteiger partial charge < -0.3 is 10.1 Å². The van der Waals surface area contributed by atoms with Gasteiger partial charge in [-0.2, -0.15) is 13.2 Å². The van der Waals surface area contributed by atoms with E-state index >= 15 is 0 Å². The van der Waals surface area contributed by atoms with Gasteiger partial charge in [-0.25, -0.2) is 4.98 Å². The highest BCUT2D eigenvalue weighted by Gasteiger charge is 2.31. The maximum Gasteiger partial charge on any atom is 0.416 e. The van der Waals surface area contributed by atoms with Crippen molar-refractivity contribution in [3.8, 4) is 5.75 Å². The standard InChI is InChI=1S/C25H21ClF3N5O2S2/c1-2-10-34-21(14-36-18-6-4-3-5-7-18)32-33-24(34)37-15-22(35)31-23-30-13-19(38-23)12-16-11-17(25(27,28)29)8-9-20(16)26/h2-9,11,13H,1,10,12,14-15H2,(H,30,31,35). The van der Waals surface area contributed by atoms with Crippen molar-refractivity contribution in [1.29, 1.82) is 0 Å². The summed E-state index contributed by atoms with van der Waals surface area (Å²) < 4.78 is 46.7. The average Bonchev–Trinajstić information content (AvgIpc) is 3.49. The smallest absolute Gasteiger partial charge is 0.416 e. The summed E-state index contributed by atoms with van der Waals surface area (Å²) in [7, 11) is 0. The molecule has 38 heavy (non-hydrogen) atoms. The van der Waals surface area contributed by atoms with Gasteiger partial charge in [-0.3, -0.25) is 9.36 Å². The number of carbonyl (C=O) groups is 1. The highest BCUT2D eigenvalue weighted by atomic mass is 35.5. The fourth-order valence-electron chi connectivity index (χ4n) is 3.32. The molecule has 0 saturated carbocycles. The molecule has 0 unspecified atom stereocenters. The zero-order chi connectivity index (χ0) is 27.1. The molecule has 0 saturated heterocycles. The summed E-state index contributed by atoms with van der Waals surface area (Å²) in [6, 6.07) is 12.5. The molecule has 0 radical (unpaired) electrons. The maximum absolute atomic E-state index is 13.0. The third kappa shape index (κ3) is 7.36. The van der Waals surface area contributed by atoms with Crippen molar-refractivity contribution in [1.82, 2.24) is 19.7 Å². The van der Waals surface area contributed by atoms with Crippen LogP contribution in [0.2, 0.25) is 5.02 Å². The van der Waals surface area contributed by atoms with Gasteiger partial charge in [0, 0.05) is 29.1 Å². The molecular weight excluding hydrogens is 559 g/mol. The second kappa shape index (κ2) is 12.5. The van der Waals surface area contributed by atoms with Crippen LogP contribution in [0.5, 0.6) is 5.75 Å². The van der Waals surface area contributed by atoms with Gasteiger partial charge in [-0.05, 0) is 35.9 Å². The molecule has 2 heterocycles. The Kier molecular flexibility index (Phi) is 9.08. The number of carbonyl (C=O) groups excluding carboxylic acids is 1. The van der Waals surface area contributed by atoms with Gasteiger partial charge in [0.2, 0.25) is 5.91 Å². The third-order valence-electron chi connectivity index (χ3n) is 5.09. The molecular formula is C25H21ClF3N5O2S2. The first-order valence-electron chi connectivity index (χ1n) is 11.2. The highest BCUT2D eigenvalue weighted by Crippen LogP contribution is 2.33. The van der Waals surface area contributed by atoms with Crippen molar-refractivity contribution in [2.75, 3.05) is 11.1 Å². The molecule has 2 aromatic heterocycles. The van der Waals surface area contributed by atoms with Crippen LogP contribution in [0, 0.1) is 0 Å². The number of hydrogen-bond donors (Lipinski definition) is 1. The topological polar surface area (TPSA) is 81.9 Å². The lowest BCUT2D eigenvalue weighted by Crippen LogP contribution is -2.14. The second-order valence-electron chi connectivity index (χ2n) is 7.85. The van der Waals surface area contributed by atoms with E-state index in [9.17, 15) is 18.0 Å².